The van der Waals surface area contributed by atoms with Crippen LogP contribution in [0.5, 0.6) is 0 Å². The average Bonchev–Trinajstić information content (AvgIpc) is 2.57. The van der Waals surface area contributed by atoms with Crippen LogP contribution < -0.4 is 0 Å². The maximum Gasteiger partial charge on any atom is 0.236 e. The number of halogens is 1. The van der Waals surface area contributed by atoms with Crippen molar-refractivity contribution in [2.24, 2.45) is 5.92 Å². The molecule has 0 spiro atoms. The van der Waals surface area contributed by atoms with E-state index in [9.17, 15) is 4.79 Å². The highest BCUT2D eigenvalue weighted by Crippen LogP contribution is 2.17. The van der Waals surface area contributed by atoms with E-state index in [0.29, 0.717) is 12.5 Å². The molecule has 2 heterocycles. The minimum absolute atomic E-state index is 0.310. The molecule has 1 amide bonds. The van der Waals surface area contributed by atoms with Crippen molar-refractivity contribution in [3.8, 4) is 0 Å². The van der Waals surface area contributed by atoms with Crippen LogP contribution in [-0.2, 0) is 11.3 Å². The summed E-state index contributed by atoms with van der Waals surface area (Å²) in [5, 5.41) is 0.799. The molecule has 2 aliphatic heterocycles. The van der Waals surface area contributed by atoms with Crippen molar-refractivity contribution in [1.82, 2.24) is 14.7 Å². The lowest BCUT2D eigenvalue weighted by molar-refractivity contribution is -0.134. The van der Waals surface area contributed by atoms with Gasteiger partial charge in [0, 0.05) is 50.8 Å². The summed E-state index contributed by atoms with van der Waals surface area (Å²) in [5.41, 5.74) is 1.26. The third kappa shape index (κ3) is 4.95. The molecule has 0 unspecified atom stereocenters. The standard InChI is InChI=1S/C19H28ClN3O/c1-16-5-7-23(8-6-16)19(24)15-22-11-9-21(10-12-22)14-17-3-2-4-18(20)13-17/h2-4,13,16H,5-12,14-15H2,1H3. The molecule has 0 atom stereocenters. The first kappa shape index (κ1) is 17.7. The fourth-order valence-corrected chi connectivity index (χ4v) is 3.76. The van der Waals surface area contributed by atoms with Gasteiger partial charge in [-0.3, -0.25) is 14.6 Å². The van der Waals surface area contributed by atoms with Gasteiger partial charge in [-0.2, -0.15) is 0 Å². The van der Waals surface area contributed by atoms with Gasteiger partial charge in [-0.25, -0.2) is 0 Å². The number of likely N-dealkylation sites (tertiary alicyclic amines) is 1. The molecule has 0 radical (unpaired) electrons. The fraction of sp³-hybridized carbons (Fsp3) is 0.632. The van der Waals surface area contributed by atoms with Crippen molar-refractivity contribution in [2.45, 2.75) is 26.3 Å². The van der Waals surface area contributed by atoms with Crippen LogP contribution in [0.15, 0.2) is 24.3 Å². The monoisotopic (exact) mass is 349 g/mol. The van der Waals surface area contributed by atoms with E-state index in [0.717, 1.165) is 69.6 Å². The van der Waals surface area contributed by atoms with Gasteiger partial charge in [0.05, 0.1) is 6.54 Å². The third-order valence-corrected chi connectivity index (χ3v) is 5.49. The number of carbonyl (C=O) groups excluding carboxylic acids is 1. The van der Waals surface area contributed by atoms with Gasteiger partial charge in [0.2, 0.25) is 5.91 Å². The summed E-state index contributed by atoms with van der Waals surface area (Å²) in [4.78, 5) is 19.2. The van der Waals surface area contributed by atoms with Crippen molar-refractivity contribution in [2.75, 3.05) is 45.8 Å². The van der Waals surface area contributed by atoms with Crippen molar-refractivity contribution in [3.63, 3.8) is 0 Å². The first-order chi connectivity index (χ1) is 11.6. The minimum atomic E-state index is 0.310. The first-order valence-corrected chi connectivity index (χ1v) is 9.45. The molecule has 1 aromatic rings. The molecule has 0 N–H and O–H groups in total. The number of amides is 1. The number of hydrogen-bond donors (Lipinski definition) is 0. The summed E-state index contributed by atoms with van der Waals surface area (Å²) < 4.78 is 0. The number of carbonyl (C=O) groups is 1. The van der Waals surface area contributed by atoms with E-state index in [1.54, 1.807) is 0 Å². The summed E-state index contributed by atoms with van der Waals surface area (Å²) in [7, 11) is 0. The number of benzene rings is 1. The highest BCUT2D eigenvalue weighted by molar-refractivity contribution is 6.30. The van der Waals surface area contributed by atoms with E-state index < -0.39 is 0 Å². The van der Waals surface area contributed by atoms with E-state index in [1.807, 2.05) is 18.2 Å². The largest absolute Gasteiger partial charge is 0.342 e. The molecule has 0 bridgehead atoms. The first-order valence-electron chi connectivity index (χ1n) is 9.07. The maximum atomic E-state index is 12.4. The predicted molar refractivity (Wildman–Crippen MR) is 98.1 cm³/mol. The Labute approximate surface area is 150 Å². The number of nitrogens with zero attached hydrogens (tertiary/aromatic N) is 3. The molecule has 2 saturated heterocycles. The number of piperidine rings is 1. The molecule has 24 heavy (non-hydrogen) atoms. The molecule has 0 saturated carbocycles. The lowest BCUT2D eigenvalue weighted by atomic mass is 9.99. The van der Waals surface area contributed by atoms with Gasteiger partial charge in [0.25, 0.3) is 0 Å². The van der Waals surface area contributed by atoms with E-state index in [-0.39, 0.29) is 0 Å². The van der Waals surface area contributed by atoms with Gasteiger partial charge < -0.3 is 4.90 Å². The molecule has 2 fully saturated rings. The summed E-state index contributed by atoms with van der Waals surface area (Å²) in [6, 6.07) is 8.08. The Morgan fingerprint density at radius 2 is 1.75 bits per heavy atom. The van der Waals surface area contributed by atoms with Crippen LogP contribution in [0, 0.1) is 5.92 Å². The fourth-order valence-electron chi connectivity index (χ4n) is 3.55. The highest BCUT2D eigenvalue weighted by atomic mass is 35.5. The Bertz CT molecular complexity index is 549. The zero-order valence-electron chi connectivity index (χ0n) is 14.6. The molecule has 0 aliphatic carbocycles. The molecule has 4 nitrogen and oxygen atoms in total. The van der Waals surface area contributed by atoms with Gasteiger partial charge in [0.15, 0.2) is 0 Å². The van der Waals surface area contributed by atoms with E-state index in [2.05, 4.69) is 27.7 Å². The second kappa shape index (κ2) is 8.32. The Morgan fingerprint density at radius 1 is 1.08 bits per heavy atom. The lowest BCUT2D eigenvalue weighted by Crippen LogP contribution is -2.50. The highest BCUT2D eigenvalue weighted by Gasteiger charge is 2.24. The second-order valence-corrected chi connectivity index (χ2v) is 7.68. The third-order valence-electron chi connectivity index (χ3n) is 5.26. The quantitative estimate of drug-likeness (QED) is 0.836. The molecule has 3 rings (SSSR count). The van der Waals surface area contributed by atoms with Gasteiger partial charge >= 0.3 is 0 Å². The smallest absolute Gasteiger partial charge is 0.236 e. The van der Waals surface area contributed by atoms with Crippen LogP contribution in [0.25, 0.3) is 0 Å². The Balaban J connectivity index is 1.41. The summed E-state index contributed by atoms with van der Waals surface area (Å²) >= 11 is 6.06. The second-order valence-electron chi connectivity index (χ2n) is 7.25. The Morgan fingerprint density at radius 3 is 2.42 bits per heavy atom. The zero-order valence-corrected chi connectivity index (χ0v) is 15.3. The topological polar surface area (TPSA) is 26.8 Å². The molecule has 0 aromatic heterocycles. The van der Waals surface area contributed by atoms with Gasteiger partial charge in [-0.1, -0.05) is 30.7 Å². The lowest BCUT2D eigenvalue weighted by Gasteiger charge is -2.36. The summed E-state index contributed by atoms with van der Waals surface area (Å²) in [6.45, 7) is 9.64. The molecular formula is C19H28ClN3O. The van der Waals surface area contributed by atoms with E-state index in [1.165, 1.54) is 5.56 Å². The number of piperazine rings is 1. The minimum Gasteiger partial charge on any atom is -0.342 e. The van der Waals surface area contributed by atoms with Gasteiger partial charge in [-0.05, 0) is 36.5 Å². The molecular weight excluding hydrogens is 322 g/mol. The van der Waals surface area contributed by atoms with Crippen LogP contribution in [-0.4, -0.2) is 66.4 Å². The number of rotatable bonds is 4. The van der Waals surface area contributed by atoms with Crippen LogP contribution in [0.2, 0.25) is 5.02 Å². The molecule has 1 aromatic carbocycles. The predicted octanol–water partition coefficient (Wildman–Crippen LogP) is 2.72. The Kier molecular flexibility index (Phi) is 6.14. The van der Waals surface area contributed by atoms with Crippen molar-refractivity contribution >= 4 is 17.5 Å². The van der Waals surface area contributed by atoms with Crippen molar-refractivity contribution in [3.05, 3.63) is 34.9 Å². The van der Waals surface area contributed by atoms with Crippen LogP contribution in [0.4, 0.5) is 0 Å². The summed E-state index contributed by atoms with van der Waals surface area (Å²) in [5.74, 6) is 1.08. The molecule has 2 aliphatic rings. The maximum absolute atomic E-state index is 12.4. The van der Waals surface area contributed by atoms with Gasteiger partial charge in [0.1, 0.15) is 0 Å². The average molecular weight is 350 g/mol. The van der Waals surface area contributed by atoms with Crippen LogP contribution in [0.3, 0.4) is 0 Å². The number of hydrogen-bond acceptors (Lipinski definition) is 3. The zero-order chi connectivity index (χ0) is 16.9. The SMILES string of the molecule is CC1CCN(C(=O)CN2CCN(Cc3cccc(Cl)c3)CC2)CC1. The molecule has 5 heteroatoms. The molecule has 132 valence electrons. The van der Waals surface area contributed by atoms with Crippen LogP contribution in [0.1, 0.15) is 25.3 Å². The van der Waals surface area contributed by atoms with E-state index in [4.69, 9.17) is 11.6 Å². The normalized spacial score (nSPS) is 21.2. The van der Waals surface area contributed by atoms with Crippen LogP contribution >= 0.6 is 11.6 Å². The van der Waals surface area contributed by atoms with Crippen molar-refractivity contribution in [1.29, 1.82) is 0 Å². The van der Waals surface area contributed by atoms with Crippen molar-refractivity contribution < 1.29 is 4.79 Å². The van der Waals surface area contributed by atoms with Gasteiger partial charge in [-0.15, -0.1) is 0 Å². The Hall–Kier alpha value is -1.10. The summed E-state index contributed by atoms with van der Waals surface area (Å²) in [6.07, 6.45) is 2.30. The van der Waals surface area contributed by atoms with E-state index >= 15 is 0 Å².